The number of nitrogens with one attached hydrogen (secondary N) is 1. The van der Waals surface area contributed by atoms with Crippen molar-refractivity contribution in [2.45, 2.75) is 16.7 Å². The van der Waals surface area contributed by atoms with E-state index in [4.69, 9.17) is 21.1 Å². The number of hydrogen-bond acceptors (Lipinski definition) is 6. The van der Waals surface area contributed by atoms with Gasteiger partial charge in [0, 0.05) is 17.6 Å². The SMILES string of the molecule is CCOc1ccc(Br)cc1S(=O)(=O)Nc1ccc(Cl)c(S(=O)(=O)N2CCOCC2)c1. The highest BCUT2D eigenvalue weighted by Gasteiger charge is 2.29. The van der Waals surface area contributed by atoms with Crippen molar-refractivity contribution in [3.8, 4) is 5.75 Å². The summed E-state index contributed by atoms with van der Waals surface area (Å²) in [5.74, 6) is 0.184. The van der Waals surface area contributed by atoms with Gasteiger partial charge in [0.1, 0.15) is 15.5 Å². The average molecular weight is 540 g/mol. The molecule has 0 unspecified atom stereocenters. The van der Waals surface area contributed by atoms with E-state index in [2.05, 4.69) is 20.7 Å². The molecule has 1 N–H and O–H groups in total. The van der Waals surface area contributed by atoms with Gasteiger partial charge in [-0.3, -0.25) is 4.72 Å². The fraction of sp³-hybridized carbons (Fsp3) is 0.333. The number of nitrogens with zero attached hydrogens (tertiary/aromatic N) is 1. The molecule has 0 atom stereocenters. The molecule has 1 fully saturated rings. The maximum Gasteiger partial charge on any atom is 0.265 e. The third-order valence-electron chi connectivity index (χ3n) is 4.27. The molecule has 3 rings (SSSR count). The van der Waals surface area contributed by atoms with Gasteiger partial charge >= 0.3 is 0 Å². The molecule has 2 aromatic rings. The smallest absolute Gasteiger partial charge is 0.265 e. The zero-order valence-electron chi connectivity index (χ0n) is 16.0. The third kappa shape index (κ3) is 5.09. The number of anilines is 1. The Kier molecular flexibility index (Phi) is 7.31. The number of hydrogen-bond donors (Lipinski definition) is 1. The fourth-order valence-corrected chi connectivity index (χ4v) is 6.51. The molecule has 8 nitrogen and oxygen atoms in total. The lowest BCUT2D eigenvalue weighted by Gasteiger charge is -2.26. The van der Waals surface area contributed by atoms with E-state index in [1.807, 2.05) is 0 Å². The highest BCUT2D eigenvalue weighted by atomic mass is 79.9. The lowest BCUT2D eigenvalue weighted by Crippen LogP contribution is -2.40. The second-order valence-electron chi connectivity index (χ2n) is 6.29. The maximum absolute atomic E-state index is 13.0. The number of morpholine rings is 1. The summed E-state index contributed by atoms with van der Waals surface area (Å²) in [5, 5.41) is 0.00176. The first kappa shape index (κ1) is 23.3. The molecular formula is C18H20BrClN2O6S2. The van der Waals surface area contributed by atoms with Crippen LogP contribution in [0.4, 0.5) is 5.69 Å². The zero-order valence-corrected chi connectivity index (χ0v) is 19.9. The van der Waals surface area contributed by atoms with Crippen LogP contribution in [0.5, 0.6) is 5.75 Å². The summed E-state index contributed by atoms with van der Waals surface area (Å²) in [5.41, 5.74) is 0.0636. The largest absolute Gasteiger partial charge is 0.492 e. The minimum atomic E-state index is -4.07. The lowest BCUT2D eigenvalue weighted by atomic mass is 10.3. The summed E-state index contributed by atoms with van der Waals surface area (Å²) < 4.78 is 66.7. The van der Waals surface area contributed by atoms with E-state index < -0.39 is 20.0 Å². The monoisotopic (exact) mass is 538 g/mol. The molecule has 0 spiro atoms. The van der Waals surface area contributed by atoms with Gasteiger partial charge in [-0.1, -0.05) is 27.5 Å². The van der Waals surface area contributed by atoms with Crippen molar-refractivity contribution < 1.29 is 26.3 Å². The summed E-state index contributed by atoms with van der Waals surface area (Å²) in [6.45, 7) is 2.99. The molecular weight excluding hydrogens is 520 g/mol. The van der Waals surface area contributed by atoms with Gasteiger partial charge in [0.05, 0.1) is 30.5 Å². The average Bonchev–Trinajstić information content (AvgIpc) is 2.71. The summed E-state index contributed by atoms with van der Waals surface area (Å²) >= 11 is 9.39. The first-order valence-corrected chi connectivity index (χ1v) is 13.1. The van der Waals surface area contributed by atoms with E-state index in [1.54, 1.807) is 19.1 Å². The second-order valence-corrected chi connectivity index (χ2v) is 11.2. The first-order chi connectivity index (χ1) is 14.1. The van der Waals surface area contributed by atoms with Crippen LogP contribution in [0.2, 0.25) is 5.02 Å². The van der Waals surface area contributed by atoms with E-state index in [0.29, 0.717) is 4.47 Å². The normalized spacial score (nSPS) is 15.7. The van der Waals surface area contributed by atoms with Crippen LogP contribution in [-0.4, -0.2) is 54.1 Å². The molecule has 12 heteroatoms. The predicted octanol–water partition coefficient (Wildman–Crippen LogP) is 3.32. The third-order valence-corrected chi connectivity index (χ3v) is 8.54. The fourth-order valence-electron chi connectivity index (χ4n) is 2.87. The van der Waals surface area contributed by atoms with E-state index in [0.717, 1.165) is 0 Å². The van der Waals surface area contributed by atoms with Crippen molar-refractivity contribution in [3.63, 3.8) is 0 Å². The molecule has 1 heterocycles. The van der Waals surface area contributed by atoms with Crippen molar-refractivity contribution in [2.24, 2.45) is 0 Å². The second kappa shape index (κ2) is 9.41. The van der Waals surface area contributed by atoms with Gasteiger partial charge in [-0.2, -0.15) is 4.31 Å². The molecule has 1 saturated heterocycles. The molecule has 2 aromatic carbocycles. The number of halogens is 2. The van der Waals surface area contributed by atoms with Gasteiger partial charge in [0.15, 0.2) is 0 Å². The van der Waals surface area contributed by atoms with Gasteiger partial charge in [-0.25, -0.2) is 16.8 Å². The Bertz CT molecular complexity index is 1140. The zero-order chi connectivity index (χ0) is 21.9. The van der Waals surface area contributed by atoms with Gasteiger partial charge in [0.25, 0.3) is 10.0 Å². The van der Waals surface area contributed by atoms with Gasteiger partial charge < -0.3 is 9.47 Å². The van der Waals surface area contributed by atoms with Crippen LogP contribution in [0.25, 0.3) is 0 Å². The van der Waals surface area contributed by atoms with E-state index in [1.165, 1.54) is 28.6 Å². The summed E-state index contributed by atoms with van der Waals surface area (Å²) in [4.78, 5) is -0.253. The lowest BCUT2D eigenvalue weighted by molar-refractivity contribution is 0.0730. The maximum atomic E-state index is 13.0. The van der Waals surface area contributed by atoms with Crippen molar-refractivity contribution >= 4 is 53.3 Å². The highest BCUT2D eigenvalue weighted by molar-refractivity contribution is 9.10. The molecule has 0 saturated carbocycles. The number of benzene rings is 2. The van der Waals surface area contributed by atoms with E-state index in [-0.39, 0.29) is 59.2 Å². The molecule has 30 heavy (non-hydrogen) atoms. The Morgan fingerprint density at radius 3 is 2.47 bits per heavy atom. The van der Waals surface area contributed by atoms with Crippen LogP contribution in [0.3, 0.4) is 0 Å². The van der Waals surface area contributed by atoms with Crippen molar-refractivity contribution in [2.75, 3.05) is 37.6 Å². The molecule has 1 aliphatic heterocycles. The Balaban J connectivity index is 1.96. The van der Waals surface area contributed by atoms with Crippen LogP contribution in [0.1, 0.15) is 6.92 Å². The van der Waals surface area contributed by atoms with Crippen LogP contribution >= 0.6 is 27.5 Å². The molecule has 164 valence electrons. The number of ether oxygens (including phenoxy) is 2. The van der Waals surface area contributed by atoms with Crippen LogP contribution in [-0.2, 0) is 24.8 Å². The van der Waals surface area contributed by atoms with Crippen LogP contribution < -0.4 is 9.46 Å². The standard InChI is InChI=1S/C18H20BrClN2O6S2/c1-2-28-16-6-3-13(19)11-18(16)29(23,24)21-14-4-5-15(20)17(12-14)30(25,26)22-7-9-27-10-8-22/h3-6,11-12,21H,2,7-10H2,1H3. The number of rotatable bonds is 7. The van der Waals surface area contributed by atoms with Gasteiger partial charge in [-0.05, 0) is 43.3 Å². The predicted molar refractivity (Wildman–Crippen MR) is 117 cm³/mol. The molecule has 0 aliphatic carbocycles. The molecule has 0 aromatic heterocycles. The summed E-state index contributed by atoms with van der Waals surface area (Å²) in [7, 11) is -7.97. The quantitative estimate of drug-likeness (QED) is 0.579. The Hall–Kier alpha value is -1.37. The summed E-state index contributed by atoms with van der Waals surface area (Å²) in [6, 6.07) is 8.57. The van der Waals surface area contributed by atoms with Crippen molar-refractivity contribution in [3.05, 3.63) is 45.9 Å². The minimum Gasteiger partial charge on any atom is -0.492 e. The number of sulfonamides is 2. The Morgan fingerprint density at radius 1 is 1.10 bits per heavy atom. The van der Waals surface area contributed by atoms with Crippen molar-refractivity contribution in [1.82, 2.24) is 4.31 Å². The summed E-state index contributed by atoms with van der Waals surface area (Å²) in [6.07, 6.45) is 0. The van der Waals surface area contributed by atoms with Gasteiger partial charge in [0.2, 0.25) is 10.0 Å². The Morgan fingerprint density at radius 2 is 1.80 bits per heavy atom. The van der Waals surface area contributed by atoms with E-state index in [9.17, 15) is 16.8 Å². The first-order valence-electron chi connectivity index (χ1n) is 8.98. The molecule has 0 bridgehead atoms. The Labute approximate surface area is 189 Å². The molecule has 1 aliphatic rings. The molecule has 0 radical (unpaired) electrons. The van der Waals surface area contributed by atoms with Gasteiger partial charge in [-0.15, -0.1) is 0 Å². The van der Waals surface area contributed by atoms with Crippen LogP contribution in [0, 0.1) is 0 Å². The van der Waals surface area contributed by atoms with Crippen LogP contribution in [0.15, 0.2) is 50.7 Å². The minimum absolute atomic E-state index is 0.00176. The molecule has 0 amide bonds. The topological polar surface area (TPSA) is 102 Å². The van der Waals surface area contributed by atoms with Crippen molar-refractivity contribution in [1.29, 1.82) is 0 Å². The highest BCUT2D eigenvalue weighted by Crippen LogP contribution is 2.32. The van der Waals surface area contributed by atoms with E-state index >= 15 is 0 Å².